The van der Waals surface area contributed by atoms with Crippen LogP contribution in [-0.4, -0.2) is 61.0 Å². The molecule has 0 atom stereocenters. The van der Waals surface area contributed by atoms with Gasteiger partial charge in [0.05, 0.1) is 37.5 Å². The number of furan rings is 1. The molecule has 1 amide bonds. The van der Waals surface area contributed by atoms with E-state index in [1.54, 1.807) is 44.1 Å². The molecule has 0 bridgehead atoms. The minimum absolute atomic E-state index is 0.190. The maximum absolute atomic E-state index is 12.8. The molecule has 1 aromatic carbocycles. The highest BCUT2D eigenvalue weighted by Crippen LogP contribution is 2.34. The van der Waals surface area contributed by atoms with Crippen LogP contribution in [0.3, 0.4) is 0 Å². The first-order valence-electron chi connectivity index (χ1n) is 9.19. The van der Waals surface area contributed by atoms with Crippen molar-refractivity contribution in [3.05, 3.63) is 30.0 Å². The number of carbonyl (C=O) groups excluding carboxylic acids is 2. The highest BCUT2D eigenvalue weighted by molar-refractivity contribution is 6.12. The van der Waals surface area contributed by atoms with Crippen LogP contribution >= 0.6 is 0 Å². The summed E-state index contributed by atoms with van der Waals surface area (Å²) in [6.07, 6.45) is -0.818. The second-order valence-electron chi connectivity index (χ2n) is 6.88. The maximum atomic E-state index is 12.8. The van der Waals surface area contributed by atoms with Gasteiger partial charge < -0.3 is 23.5 Å². The van der Waals surface area contributed by atoms with Gasteiger partial charge in [-0.05, 0) is 26.0 Å². The number of morpholine rings is 1. The number of ether oxygens (including phenoxy) is 3. The monoisotopic (exact) mass is 386 g/mol. The van der Waals surface area contributed by atoms with Crippen molar-refractivity contribution in [3.63, 3.8) is 0 Å². The Hall–Kier alpha value is -3.00. The predicted octanol–water partition coefficient (Wildman–Crippen LogP) is 3.26. The van der Waals surface area contributed by atoms with Gasteiger partial charge in [0.15, 0.2) is 11.3 Å². The first-order chi connectivity index (χ1) is 13.5. The number of methoxy groups -OCH3 is 1. The number of amides is 1. The van der Waals surface area contributed by atoms with Gasteiger partial charge in [-0.25, -0.2) is 9.36 Å². The van der Waals surface area contributed by atoms with Crippen LogP contribution in [0.15, 0.2) is 28.7 Å². The summed E-state index contributed by atoms with van der Waals surface area (Å²) < 4.78 is 23.3. The third-order valence-electron chi connectivity index (χ3n) is 4.67. The Labute approximate surface area is 161 Å². The fourth-order valence-corrected chi connectivity index (χ4v) is 3.36. The molecule has 8 nitrogen and oxygen atoms in total. The van der Waals surface area contributed by atoms with Crippen molar-refractivity contribution in [2.24, 2.45) is 0 Å². The lowest BCUT2D eigenvalue weighted by atomic mass is 10.2. The van der Waals surface area contributed by atoms with E-state index in [2.05, 4.69) is 0 Å². The van der Waals surface area contributed by atoms with Crippen LogP contribution in [0.4, 0.5) is 4.79 Å². The summed E-state index contributed by atoms with van der Waals surface area (Å²) in [5, 5.41) is 0.706. The van der Waals surface area contributed by atoms with E-state index in [1.807, 2.05) is 6.07 Å². The molecule has 1 fully saturated rings. The smallest absolute Gasteiger partial charge is 0.419 e. The SMILES string of the molecule is COc1ccc2c3oc(C(=O)N4CCOCC4)cc3n(C(=O)OC(C)C)c2c1. The summed E-state index contributed by atoms with van der Waals surface area (Å²) in [4.78, 5) is 27.2. The van der Waals surface area contributed by atoms with Gasteiger partial charge in [-0.1, -0.05) is 0 Å². The van der Waals surface area contributed by atoms with Gasteiger partial charge in [0.2, 0.25) is 0 Å². The zero-order chi connectivity index (χ0) is 19.8. The normalized spacial score (nSPS) is 14.8. The Bertz CT molecular complexity index is 1040. The molecule has 0 spiro atoms. The van der Waals surface area contributed by atoms with E-state index in [0.29, 0.717) is 54.1 Å². The largest absolute Gasteiger partial charge is 0.497 e. The summed E-state index contributed by atoms with van der Waals surface area (Å²) in [6.45, 7) is 5.59. The minimum atomic E-state index is -0.533. The van der Waals surface area contributed by atoms with Crippen LogP contribution in [0.5, 0.6) is 5.75 Å². The lowest BCUT2D eigenvalue weighted by Gasteiger charge is -2.25. The molecule has 0 aliphatic carbocycles. The number of hydrogen-bond acceptors (Lipinski definition) is 6. The first kappa shape index (κ1) is 18.4. The Morgan fingerprint density at radius 3 is 2.54 bits per heavy atom. The van der Waals surface area contributed by atoms with E-state index in [0.717, 1.165) is 0 Å². The van der Waals surface area contributed by atoms with Crippen molar-refractivity contribution in [2.75, 3.05) is 33.4 Å². The summed E-state index contributed by atoms with van der Waals surface area (Å²) >= 11 is 0. The van der Waals surface area contributed by atoms with Crippen LogP contribution in [0.25, 0.3) is 22.0 Å². The van der Waals surface area contributed by atoms with Gasteiger partial charge >= 0.3 is 6.09 Å². The molecule has 2 aromatic heterocycles. The molecule has 3 heterocycles. The Morgan fingerprint density at radius 2 is 1.86 bits per heavy atom. The van der Waals surface area contributed by atoms with Gasteiger partial charge in [0.1, 0.15) is 5.75 Å². The van der Waals surface area contributed by atoms with Crippen LogP contribution in [-0.2, 0) is 9.47 Å². The second-order valence-corrected chi connectivity index (χ2v) is 6.88. The molecule has 0 unspecified atom stereocenters. The summed E-state index contributed by atoms with van der Waals surface area (Å²) in [6, 6.07) is 6.94. The molecule has 0 N–H and O–H groups in total. The number of fused-ring (bicyclic) bond motifs is 3. The van der Waals surface area contributed by atoms with Crippen molar-refractivity contribution in [1.82, 2.24) is 9.47 Å². The average molecular weight is 386 g/mol. The molecule has 0 saturated carbocycles. The van der Waals surface area contributed by atoms with Crippen molar-refractivity contribution >= 4 is 34.0 Å². The fourth-order valence-electron chi connectivity index (χ4n) is 3.36. The molecule has 148 valence electrons. The fraction of sp³-hybridized carbons (Fsp3) is 0.400. The van der Waals surface area contributed by atoms with Gasteiger partial charge in [-0.2, -0.15) is 0 Å². The Balaban J connectivity index is 1.85. The molecule has 1 aliphatic rings. The molecule has 1 aliphatic heterocycles. The zero-order valence-electron chi connectivity index (χ0n) is 16.1. The van der Waals surface area contributed by atoms with Crippen molar-refractivity contribution < 1.29 is 28.2 Å². The number of carbonyl (C=O) groups is 2. The number of aromatic nitrogens is 1. The standard InChI is InChI=1S/C20H22N2O6/c1-12(2)27-20(24)22-15-10-13(25-3)4-5-14(15)18-16(22)11-17(28-18)19(23)21-6-8-26-9-7-21/h4-5,10-12H,6-9H2,1-3H3. The van der Waals surface area contributed by atoms with Crippen molar-refractivity contribution in [3.8, 4) is 5.75 Å². The first-order valence-corrected chi connectivity index (χ1v) is 9.19. The Kier molecular flexibility index (Phi) is 4.72. The number of nitrogens with zero attached hydrogens (tertiary/aromatic N) is 2. The average Bonchev–Trinajstić information content (AvgIpc) is 3.23. The summed E-state index contributed by atoms with van der Waals surface area (Å²) in [5.74, 6) is 0.580. The summed E-state index contributed by atoms with van der Waals surface area (Å²) in [5.41, 5.74) is 1.56. The summed E-state index contributed by atoms with van der Waals surface area (Å²) in [7, 11) is 1.56. The van der Waals surface area contributed by atoms with E-state index in [9.17, 15) is 9.59 Å². The molecular weight excluding hydrogens is 364 g/mol. The van der Waals surface area contributed by atoms with E-state index in [-0.39, 0.29) is 17.8 Å². The minimum Gasteiger partial charge on any atom is -0.497 e. The van der Waals surface area contributed by atoms with Crippen LogP contribution in [0.2, 0.25) is 0 Å². The molecule has 8 heteroatoms. The topological polar surface area (TPSA) is 83.1 Å². The van der Waals surface area contributed by atoms with Crippen molar-refractivity contribution in [1.29, 1.82) is 0 Å². The van der Waals surface area contributed by atoms with Crippen LogP contribution < -0.4 is 4.74 Å². The lowest BCUT2D eigenvalue weighted by molar-refractivity contribution is 0.0284. The highest BCUT2D eigenvalue weighted by atomic mass is 16.6. The zero-order valence-corrected chi connectivity index (χ0v) is 16.1. The molecule has 1 saturated heterocycles. The number of hydrogen-bond donors (Lipinski definition) is 0. The predicted molar refractivity (Wildman–Crippen MR) is 102 cm³/mol. The molecule has 0 radical (unpaired) electrons. The van der Waals surface area contributed by atoms with Gasteiger partial charge in [0, 0.05) is 30.6 Å². The molecule has 4 rings (SSSR count). The van der Waals surface area contributed by atoms with E-state index >= 15 is 0 Å². The highest BCUT2D eigenvalue weighted by Gasteiger charge is 2.27. The number of benzene rings is 1. The number of rotatable bonds is 3. The van der Waals surface area contributed by atoms with E-state index in [1.165, 1.54) is 4.57 Å². The van der Waals surface area contributed by atoms with E-state index < -0.39 is 6.09 Å². The molecule has 3 aromatic rings. The van der Waals surface area contributed by atoms with Gasteiger partial charge in [0.25, 0.3) is 5.91 Å². The van der Waals surface area contributed by atoms with Crippen molar-refractivity contribution in [2.45, 2.75) is 20.0 Å². The maximum Gasteiger partial charge on any atom is 0.419 e. The van der Waals surface area contributed by atoms with Gasteiger partial charge in [-0.3, -0.25) is 4.79 Å². The third-order valence-corrected chi connectivity index (χ3v) is 4.67. The molecule has 28 heavy (non-hydrogen) atoms. The van der Waals surface area contributed by atoms with Crippen LogP contribution in [0.1, 0.15) is 24.4 Å². The quantitative estimate of drug-likeness (QED) is 0.687. The van der Waals surface area contributed by atoms with Crippen LogP contribution in [0, 0.1) is 0 Å². The molecular formula is C20H22N2O6. The Morgan fingerprint density at radius 1 is 1.11 bits per heavy atom. The van der Waals surface area contributed by atoms with Gasteiger partial charge in [-0.15, -0.1) is 0 Å². The lowest BCUT2D eigenvalue weighted by Crippen LogP contribution is -2.40. The second kappa shape index (κ2) is 7.20. The van der Waals surface area contributed by atoms with E-state index in [4.69, 9.17) is 18.6 Å². The third kappa shape index (κ3) is 3.09.